The molecule has 0 unspecified atom stereocenters. The van der Waals surface area contributed by atoms with Crippen molar-refractivity contribution < 1.29 is 9.59 Å². The number of nitrogens with one attached hydrogen (secondary N) is 2. The second-order valence-electron chi connectivity index (χ2n) is 7.13. The second-order valence-corrected chi connectivity index (χ2v) is 7.13. The molecular formula is C22H27N3O2. The van der Waals surface area contributed by atoms with Gasteiger partial charge in [0.15, 0.2) is 0 Å². The molecule has 0 saturated carbocycles. The zero-order chi connectivity index (χ0) is 19.2. The number of amides is 3. The molecule has 2 N–H and O–H groups in total. The maximum absolute atomic E-state index is 12.6. The highest BCUT2D eigenvalue weighted by atomic mass is 16.2. The van der Waals surface area contributed by atoms with Gasteiger partial charge in [0.1, 0.15) is 0 Å². The lowest BCUT2D eigenvalue weighted by Crippen LogP contribution is -2.49. The third-order valence-electron chi connectivity index (χ3n) is 5.15. The Morgan fingerprint density at radius 1 is 1.00 bits per heavy atom. The summed E-state index contributed by atoms with van der Waals surface area (Å²) in [6.07, 6.45) is 1.54. The standard InChI is InChI=1S/C22H27N3O2/c1-16-8-6-7-11-20(16)17(2)23-22(27)25-14-12-19(13-15-25)24-21(26)18-9-4-3-5-10-18/h3-11,17,19H,12-15H2,1-2H3,(H,23,27)(H,24,26)/t17-/m1/s1. The molecule has 0 spiro atoms. The van der Waals surface area contributed by atoms with Crippen molar-refractivity contribution in [3.63, 3.8) is 0 Å². The van der Waals surface area contributed by atoms with Gasteiger partial charge in [0.25, 0.3) is 5.91 Å². The van der Waals surface area contributed by atoms with Crippen molar-refractivity contribution in [3.8, 4) is 0 Å². The molecule has 1 aliphatic rings. The van der Waals surface area contributed by atoms with Crippen molar-refractivity contribution in [2.45, 2.75) is 38.8 Å². The van der Waals surface area contributed by atoms with Crippen LogP contribution in [0.3, 0.4) is 0 Å². The number of carbonyl (C=O) groups is 2. The van der Waals surface area contributed by atoms with Crippen LogP contribution >= 0.6 is 0 Å². The zero-order valence-electron chi connectivity index (χ0n) is 15.9. The molecule has 0 radical (unpaired) electrons. The van der Waals surface area contributed by atoms with Crippen molar-refractivity contribution >= 4 is 11.9 Å². The maximum atomic E-state index is 12.6. The molecule has 5 heteroatoms. The number of piperidine rings is 1. The van der Waals surface area contributed by atoms with Gasteiger partial charge in [0.2, 0.25) is 0 Å². The van der Waals surface area contributed by atoms with E-state index in [4.69, 9.17) is 0 Å². The van der Waals surface area contributed by atoms with Crippen LogP contribution in [0.4, 0.5) is 4.79 Å². The monoisotopic (exact) mass is 365 g/mol. The number of carbonyl (C=O) groups excluding carboxylic acids is 2. The fourth-order valence-electron chi connectivity index (χ4n) is 3.51. The second kappa shape index (κ2) is 8.71. The molecule has 0 aliphatic carbocycles. The van der Waals surface area contributed by atoms with E-state index in [1.807, 2.05) is 60.4 Å². The van der Waals surface area contributed by atoms with Crippen LogP contribution in [0.25, 0.3) is 0 Å². The predicted octanol–water partition coefficient (Wildman–Crippen LogP) is 3.66. The van der Waals surface area contributed by atoms with Crippen molar-refractivity contribution in [2.75, 3.05) is 13.1 Å². The Hall–Kier alpha value is -2.82. The highest BCUT2D eigenvalue weighted by Gasteiger charge is 2.25. The summed E-state index contributed by atoms with van der Waals surface area (Å²) in [5.74, 6) is -0.0494. The van der Waals surface area contributed by atoms with Gasteiger partial charge in [-0.25, -0.2) is 4.79 Å². The minimum Gasteiger partial charge on any atom is -0.349 e. The van der Waals surface area contributed by atoms with E-state index < -0.39 is 0 Å². The third kappa shape index (κ3) is 4.88. The lowest BCUT2D eigenvalue weighted by atomic mass is 10.0. The van der Waals surface area contributed by atoms with E-state index in [9.17, 15) is 9.59 Å². The van der Waals surface area contributed by atoms with Gasteiger partial charge >= 0.3 is 6.03 Å². The molecule has 142 valence electrons. The molecule has 1 saturated heterocycles. The van der Waals surface area contributed by atoms with E-state index in [0.29, 0.717) is 18.7 Å². The van der Waals surface area contributed by atoms with Gasteiger partial charge in [-0.15, -0.1) is 0 Å². The largest absolute Gasteiger partial charge is 0.349 e. The van der Waals surface area contributed by atoms with Gasteiger partial charge < -0.3 is 15.5 Å². The minimum atomic E-state index is -0.0494. The summed E-state index contributed by atoms with van der Waals surface area (Å²) in [6, 6.07) is 17.4. The lowest BCUT2D eigenvalue weighted by molar-refractivity contribution is 0.0917. The Labute approximate surface area is 160 Å². The highest BCUT2D eigenvalue weighted by Crippen LogP contribution is 2.18. The smallest absolute Gasteiger partial charge is 0.317 e. The van der Waals surface area contributed by atoms with Crippen LogP contribution in [0, 0.1) is 6.92 Å². The van der Waals surface area contributed by atoms with Crippen LogP contribution in [0.1, 0.15) is 47.3 Å². The highest BCUT2D eigenvalue weighted by molar-refractivity contribution is 5.94. The molecule has 0 aromatic heterocycles. The lowest BCUT2D eigenvalue weighted by Gasteiger charge is -2.33. The molecular weight excluding hydrogens is 338 g/mol. The van der Waals surface area contributed by atoms with Gasteiger partial charge in [-0.1, -0.05) is 42.5 Å². The molecule has 1 fully saturated rings. The molecule has 0 bridgehead atoms. The van der Waals surface area contributed by atoms with Gasteiger partial charge in [0.05, 0.1) is 6.04 Å². The topological polar surface area (TPSA) is 61.4 Å². The minimum absolute atomic E-state index is 0.0331. The summed E-state index contributed by atoms with van der Waals surface area (Å²) in [7, 11) is 0. The summed E-state index contributed by atoms with van der Waals surface area (Å²) >= 11 is 0. The third-order valence-corrected chi connectivity index (χ3v) is 5.15. The van der Waals surface area contributed by atoms with Gasteiger partial charge in [0, 0.05) is 24.7 Å². The first kappa shape index (κ1) is 19.0. The number of hydrogen-bond donors (Lipinski definition) is 2. The van der Waals surface area contributed by atoms with Crippen LogP contribution in [0.15, 0.2) is 54.6 Å². The SMILES string of the molecule is Cc1ccccc1[C@@H](C)NC(=O)N1CCC(NC(=O)c2ccccc2)CC1. The Morgan fingerprint density at radius 3 is 2.30 bits per heavy atom. The van der Waals surface area contributed by atoms with Crippen LogP contribution in [0.5, 0.6) is 0 Å². The average Bonchev–Trinajstić information content (AvgIpc) is 2.69. The summed E-state index contributed by atoms with van der Waals surface area (Å²) in [4.78, 5) is 26.7. The molecule has 1 aliphatic heterocycles. The fraction of sp³-hybridized carbons (Fsp3) is 0.364. The Balaban J connectivity index is 1.48. The van der Waals surface area contributed by atoms with Crippen molar-refractivity contribution in [2.24, 2.45) is 0 Å². The number of nitrogens with zero attached hydrogens (tertiary/aromatic N) is 1. The van der Waals surface area contributed by atoms with Gasteiger partial charge in [-0.05, 0) is 49.9 Å². The molecule has 2 aromatic rings. The summed E-state index contributed by atoms with van der Waals surface area (Å²) in [5, 5.41) is 6.16. The zero-order valence-corrected chi connectivity index (χ0v) is 15.9. The van der Waals surface area contributed by atoms with Crippen molar-refractivity contribution in [1.29, 1.82) is 0 Å². The molecule has 5 nitrogen and oxygen atoms in total. The predicted molar refractivity (Wildman–Crippen MR) is 107 cm³/mol. The molecule has 3 rings (SSSR count). The van der Waals surface area contributed by atoms with Crippen LogP contribution in [-0.4, -0.2) is 36.0 Å². The Bertz CT molecular complexity index is 783. The first-order valence-electron chi connectivity index (χ1n) is 9.51. The number of likely N-dealkylation sites (tertiary alicyclic amines) is 1. The van der Waals surface area contributed by atoms with Crippen molar-refractivity contribution in [3.05, 3.63) is 71.3 Å². The number of rotatable bonds is 4. The van der Waals surface area contributed by atoms with E-state index >= 15 is 0 Å². The molecule has 1 atom stereocenters. The number of hydrogen-bond acceptors (Lipinski definition) is 2. The van der Waals surface area contributed by atoms with Crippen LogP contribution in [-0.2, 0) is 0 Å². The van der Waals surface area contributed by atoms with E-state index in [1.165, 1.54) is 5.56 Å². The molecule has 1 heterocycles. The van der Waals surface area contributed by atoms with E-state index in [0.717, 1.165) is 18.4 Å². The van der Waals surface area contributed by atoms with Crippen LogP contribution in [0.2, 0.25) is 0 Å². The quantitative estimate of drug-likeness (QED) is 0.869. The van der Waals surface area contributed by atoms with Gasteiger partial charge in [-0.2, -0.15) is 0 Å². The number of urea groups is 1. The normalized spacial score (nSPS) is 15.9. The average molecular weight is 365 g/mol. The van der Waals surface area contributed by atoms with Gasteiger partial charge in [-0.3, -0.25) is 4.79 Å². The van der Waals surface area contributed by atoms with E-state index in [2.05, 4.69) is 23.6 Å². The van der Waals surface area contributed by atoms with Crippen LogP contribution < -0.4 is 10.6 Å². The number of aryl methyl sites for hydroxylation is 1. The maximum Gasteiger partial charge on any atom is 0.317 e. The fourth-order valence-corrected chi connectivity index (χ4v) is 3.51. The number of benzene rings is 2. The molecule has 2 aromatic carbocycles. The summed E-state index contributed by atoms with van der Waals surface area (Å²) < 4.78 is 0. The van der Waals surface area contributed by atoms with E-state index in [1.54, 1.807) is 0 Å². The Morgan fingerprint density at radius 2 is 1.63 bits per heavy atom. The van der Waals surface area contributed by atoms with Crippen molar-refractivity contribution in [1.82, 2.24) is 15.5 Å². The summed E-state index contributed by atoms with van der Waals surface area (Å²) in [6.45, 7) is 5.35. The first-order chi connectivity index (χ1) is 13.0. The first-order valence-corrected chi connectivity index (χ1v) is 9.51. The Kier molecular flexibility index (Phi) is 6.12. The summed E-state index contributed by atoms with van der Waals surface area (Å²) in [5.41, 5.74) is 2.98. The van der Waals surface area contributed by atoms with E-state index in [-0.39, 0.29) is 24.0 Å². The molecule has 27 heavy (non-hydrogen) atoms. The molecule has 3 amide bonds.